The number of benzene rings is 1. The van der Waals surface area contributed by atoms with Gasteiger partial charge in [0.2, 0.25) is 0 Å². The number of hydrazine groups is 2. The molecule has 1 aliphatic heterocycles. The van der Waals surface area contributed by atoms with Gasteiger partial charge in [-0.15, -0.1) is 5.12 Å². The minimum atomic E-state index is 0.684. The zero-order valence-corrected chi connectivity index (χ0v) is 16.6. The van der Waals surface area contributed by atoms with Crippen LogP contribution < -0.4 is 10.9 Å². The molecule has 0 saturated carbocycles. The van der Waals surface area contributed by atoms with Crippen LogP contribution in [0, 0.1) is 5.92 Å². The minimum absolute atomic E-state index is 0.684. The van der Waals surface area contributed by atoms with Crippen LogP contribution in [-0.4, -0.2) is 20.4 Å². The van der Waals surface area contributed by atoms with Crippen molar-refractivity contribution in [2.24, 2.45) is 5.92 Å². The Labute approximate surface area is 151 Å². The summed E-state index contributed by atoms with van der Waals surface area (Å²) in [6, 6.07) is 0. The number of rotatable bonds is 6. The highest BCUT2D eigenvalue weighted by Crippen LogP contribution is 2.46. The summed E-state index contributed by atoms with van der Waals surface area (Å²) in [6.45, 7) is 5.48. The van der Waals surface area contributed by atoms with Crippen LogP contribution in [0.25, 0.3) is 11.0 Å². The molecule has 1 unspecified atom stereocenters. The lowest BCUT2D eigenvalue weighted by Crippen LogP contribution is -2.34. The summed E-state index contributed by atoms with van der Waals surface area (Å²) in [5.74, 6) is 0.684. The molecule has 3 rings (SSSR count). The van der Waals surface area contributed by atoms with Crippen molar-refractivity contribution in [3.63, 3.8) is 0 Å². The zero-order chi connectivity index (χ0) is 15.7. The molecule has 120 valence electrons. The molecule has 0 amide bonds. The molecule has 1 aromatic heterocycles. The average Bonchev–Trinajstić information content (AvgIpc) is 3.16. The Morgan fingerprint density at radius 2 is 1.68 bits per heavy atom. The van der Waals surface area contributed by atoms with Gasteiger partial charge in [0.25, 0.3) is 0 Å². The second-order valence-electron chi connectivity index (χ2n) is 5.59. The molecule has 0 bridgehead atoms. The van der Waals surface area contributed by atoms with Gasteiger partial charge in [0, 0.05) is 6.54 Å². The van der Waals surface area contributed by atoms with E-state index in [0.717, 1.165) is 37.9 Å². The third-order valence-corrected chi connectivity index (χ3v) is 6.14. The summed E-state index contributed by atoms with van der Waals surface area (Å²) < 4.78 is 10.7. The molecule has 0 fully saturated rings. The number of nitrogens with zero attached hydrogens (tertiary/aromatic N) is 3. The highest BCUT2D eigenvalue weighted by atomic mass is 79.9. The fourth-order valence-electron chi connectivity index (χ4n) is 2.71. The van der Waals surface area contributed by atoms with Crippen molar-refractivity contribution >= 4 is 66.0 Å². The van der Waals surface area contributed by atoms with E-state index in [1.54, 1.807) is 0 Å². The van der Waals surface area contributed by atoms with Gasteiger partial charge < -0.3 is 0 Å². The van der Waals surface area contributed by atoms with Gasteiger partial charge in [-0.2, -0.15) is 8.75 Å². The fourth-order valence-corrected chi connectivity index (χ4v) is 4.63. The summed E-state index contributed by atoms with van der Waals surface area (Å²) in [7, 11) is 0. The number of hydrogen-bond donors (Lipinski definition) is 2. The van der Waals surface area contributed by atoms with Crippen molar-refractivity contribution in [1.29, 1.82) is 0 Å². The summed E-state index contributed by atoms with van der Waals surface area (Å²) >= 11 is 8.53. The normalized spacial score (nSPS) is 15.6. The Morgan fingerprint density at radius 1 is 1.09 bits per heavy atom. The molecule has 0 spiro atoms. The van der Waals surface area contributed by atoms with Crippen molar-refractivity contribution in [3.05, 3.63) is 8.95 Å². The third-order valence-electron chi connectivity index (χ3n) is 4.07. The van der Waals surface area contributed by atoms with E-state index in [1.807, 2.05) is 0 Å². The molecule has 0 saturated heterocycles. The first-order valence-corrected chi connectivity index (χ1v) is 9.91. The molecule has 2 N–H and O–H groups in total. The van der Waals surface area contributed by atoms with Crippen LogP contribution in [0.1, 0.15) is 39.5 Å². The first-order chi connectivity index (χ1) is 10.7. The van der Waals surface area contributed by atoms with Crippen LogP contribution in [0.15, 0.2) is 8.95 Å². The van der Waals surface area contributed by atoms with Gasteiger partial charge in [-0.3, -0.25) is 10.9 Å². The smallest absolute Gasteiger partial charge is 0.122 e. The predicted molar refractivity (Wildman–Crippen MR) is 100 cm³/mol. The summed E-state index contributed by atoms with van der Waals surface area (Å²) in [5, 5.41) is 2.08. The van der Waals surface area contributed by atoms with Gasteiger partial charge in [0.15, 0.2) is 0 Å². The van der Waals surface area contributed by atoms with Crippen molar-refractivity contribution in [2.75, 3.05) is 17.4 Å². The van der Waals surface area contributed by atoms with Gasteiger partial charge >= 0.3 is 0 Å². The van der Waals surface area contributed by atoms with E-state index in [0.29, 0.717) is 5.92 Å². The third kappa shape index (κ3) is 2.98. The summed E-state index contributed by atoms with van der Waals surface area (Å²) in [5.41, 5.74) is 10.7. The number of anilines is 2. The maximum absolute atomic E-state index is 4.37. The van der Waals surface area contributed by atoms with E-state index in [4.69, 9.17) is 0 Å². The largest absolute Gasteiger partial charge is 0.298 e. The van der Waals surface area contributed by atoms with E-state index in [-0.39, 0.29) is 0 Å². The topological polar surface area (TPSA) is 53.1 Å². The zero-order valence-electron chi connectivity index (χ0n) is 12.6. The molecule has 1 atom stereocenters. The highest BCUT2D eigenvalue weighted by molar-refractivity contribution is 9.11. The van der Waals surface area contributed by atoms with Crippen molar-refractivity contribution in [2.45, 2.75) is 39.5 Å². The molecular formula is C14H19Br2N5S. The SMILES string of the molecule is CCCCC(CC)CN1Nc2c(c(Br)c3nsnc3c2Br)N1. The standard InChI is InChI=1S/C14H19Br2N5S/c1-3-5-6-8(4-2)7-21-17-11-9(15)13-14(20-22-19-13)10(16)12(11)18-21/h8,17-18H,3-7H2,1-2H3. The van der Waals surface area contributed by atoms with Crippen molar-refractivity contribution < 1.29 is 0 Å². The maximum Gasteiger partial charge on any atom is 0.122 e. The predicted octanol–water partition coefficient (Wildman–Crippen LogP) is 5.40. The van der Waals surface area contributed by atoms with E-state index in [2.05, 4.69) is 70.4 Å². The van der Waals surface area contributed by atoms with Crippen LogP contribution in [0.2, 0.25) is 0 Å². The molecular weight excluding hydrogens is 430 g/mol. The van der Waals surface area contributed by atoms with Crippen LogP contribution >= 0.6 is 43.6 Å². The minimum Gasteiger partial charge on any atom is -0.298 e. The van der Waals surface area contributed by atoms with E-state index >= 15 is 0 Å². The van der Waals surface area contributed by atoms with Crippen LogP contribution in [-0.2, 0) is 0 Å². The van der Waals surface area contributed by atoms with Gasteiger partial charge in [-0.05, 0) is 44.2 Å². The molecule has 8 heteroatoms. The molecule has 1 aromatic carbocycles. The quantitative estimate of drug-likeness (QED) is 0.619. The lowest BCUT2D eigenvalue weighted by Gasteiger charge is -2.23. The monoisotopic (exact) mass is 447 g/mol. The first-order valence-electron chi connectivity index (χ1n) is 7.59. The van der Waals surface area contributed by atoms with Crippen LogP contribution in [0.4, 0.5) is 11.4 Å². The second-order valence-corrected chi connectivity index (χ2v) is 7.70. The van der Waals surface area contributed by atoms with E-state index in [1.165, 1.54) is 37.4 Å². The molecule has 2 aromatic rings. The maximum atomic E-state index is 4.37. The number of fused-ring (bicyclic) bond motifs is 2. The number of nitrogens with one attached hydrogen (secondary N) is 2. The first kappa shape index (κ1) is 16.4. The Morgan fingerprint density at radius 3 is 2.18 bits per heavy atom. The Balaban J connectivity index is 1.80. The van der Waals surface area contributed by atoms with Crippen LogP contribution in [0.5, 0.6) is 0 Å². The lowest BCUT2D eigenvalue weighted by atomic mass is 10.00. The van der Waals surface area contributed by atoms with Gasteiger partial charge in [0.05, 0.1) is 32.0 Å². The Bertz CT molecular complexity index is 629. The molecule has 2 heterocycles. The fraction of sp³-hybridized carbons (Fsp3) is 0.571. The number of halogens is 2. The van der Waals surface area contributed by atoms with Crippen molar-refractivity contribution in [1.82, 2.24) is 13.9 Å². The number of hydrogen-bond acceptors (Lipinski definition) is 6. The molecule has 1 aliphatic rings. The number of unbranched alkanes of at least 4 members (excludes halogenated alkanes) is 1. The summed E-state index contributed by atoms with van der Waals surface area (Å²) in [6.07, 6.45) is 5.00. The van der Waals surface area contributed by atoms with Crippen molar-refractivity contribution in [3.8, 4) is 0 Å². The van der Waals surface area contributed by atoms with E-state index in [9.17, 15) is 0 Å². The Hall–Kier alpha value is -0.440. The van der Waals surface area contributed by atoms with Gasteiger partial charge in [0.1, 0.15) is 11.0 Å². The number of aromatic nitrogens is 2. The second kappa shape index (κ2) is 6.98. The lowest BCUT2D eigenvalue weighted by molar-refractivity contribution is 0.303. The molecule has 0 radical (unpaired) electrons. The summed E-state index contributed by atoms with van der Waals surface area (Å²) in [4.78, 5) is 0. The average molecular weight is 449 g/mol. The highest BCUT2D eigenvalue weighted by Gasteiger charge is 2.28. The Kier molecular flexibility index (Phi) is 5.21. The molecule has 0 aliphatic carbocycles. The van der Waals surface area contributed by atoms with Gasteiger partial charge in [-0.1, -0.05) is 33.1 Å². The van der Waals surface area contributed by atoms with Crippen LogP contribution in [0.3, 0.4) is 0 Å². The molecule has 22 heavy (non-hydrogen) atoms. The molecule has 5 nitrogen and oxygen atoms in total. The van der Waals surface area contributed by atoms with Gasteiger partial charge in [-0.25, -0.2) is 0 Å². The van der Waals surface area contributed by atoms with E-state index < -0.39 is 0 Å².